The van der Waals surface area contributed by atoms with Crippen LogP contribution >= 0.6 is 0 Å². The van der Waals surface area contributed by atoms with Gasteiger partial charge in [-0.05, 0) is 38.5 Å². The summed E-state index contributed by atoms with van der Waals surface area (Å²) < 4.78 is 0. The second-order valence-electron chi connectivity index (χ2n) is 5.64. The van der Waals surface area contributed by atoms with Crippen molar-refractivity contribution < 1.29 is 9.59 Å². The molecule has 1 atom stereocenters. The van der Waals surface area contributed by atoms with Crippen LogP contribution in [0, 0.1) is 0 Å². The number of aromatic amines is 1. The van der Waals surface area contributed by atoms with Crippen LogP contribution in [0.25, 0.3) is 0 Å². The van der Waals surface area contributed by atoms with E-state index in [9.17, 15) is 9.59 Å². The van der Waals surface area contributed by atoms with E-state index in [1.54, 1.807) is 24.3 Å². The molecule has 1 aromatic carbocycles. The summed E-state index contributed by atoms with van der Waals surface area (Å²) in [5.74, 6) is 0.364. The molecule has 0 unspecified atom stereocenters. The number of urea groups is 1. The number of rotatable bonds is 6. The Kier molecular flexibility index (Phi) is 5.89. The predicted molar refractivity (Wildman–Crippen MR) is 90.6 cm³/mol. The average molecular weight is 330 g/mol. The molecule has 0 radical (unpaired) electrons. The molecule has 1 aromatic heterocycles. The van der Waals surface area contributed by atoms with Gasteiger partial charge in [0.2, 0.25) is 0 Å². The van der Waals surface area contributed by atoms with Gasteiger partial charge in [0.25, 0.3) is 5.91 Å². The Hall–Kier alpha value is -2.90. The monoisotopic (exact) mass is 330 g/mol. The first-order valence-corrected chi connectivity index (χ1v) is 7.83. The van der Waals surface area contributed by atoms with Crippen molar-refractivity contribution in [3.63, 3.8) is 0 Å². The number of nitrogens with one attached hydrogen (secondary N) is 4. The molecule has 128 valence electrons. The summed E-state index contributed by atoms with van der Waals surface area (Å²) in [6.07, 6.45) is 2.08. The van der Waals surface area contributed by atoms with Crippen LogP contribution in [0.5, 0.6) is 0 Å². The van der Waals surface area contributed by atoms with Gasteiger partial charge in [0, 0.05) is 17.3 Å². The van der Waals surface area contributed by atoms with Crippen molar-refractivity contribution in [2.75, 3.05) is 5.32 Å². The normalized spacial score (nSPS) is 11.8. The summed E-state index contributed by atoms with van der Waals surface area (Å²) in [6.45, 7) is 5.69. The standard InChI is InChI=1S/C16H22N6O2/c1-4-13(14-17-9-18-22-14)21-15(23)11-6-5-7-12(8-11)20-16(24)19-10(2)3/h5-10,13H,4H2,1-3H3,(H,21,23)(H,17,18,22)(H2,19,20,24)/t13-/m0/s1. The van der Waals surface area contributed by atoms with Gasteiger partial charge in [-0.15, -0.1) is 0 Å². The molecule has 0 aliphatic rings. The fourth-order valence-corrected chi connectivity index (χ4v) is 2.16. The van der Waals surface area contributed by atoms with Crippen LogP contribution in [0.2, 0.25) is 0 Å². The smallest absolute Gasteiger partial charge is 0.319 e. The lowest BCUT2D eigenvalue weighted by Crippen LogP contribution is -2.34. The van der Waals surface area contributed by atoms with Crippen molar-refractivity contribution in [3.05, 3.63) is 42.0 Å². The van der Waals surface area contributed by atoms with Crippen LogP contribution < -0.4 is 16.0 Å². The molecular weight excluding hydrogens is 308 g/mol. The van der Waals surface area contributed by atoms with Gasteiger partial charge in [-0.25, -0.2) is 9.78 Å². The lowest BCUT2D eigenvalue weighted by molar-refractivity contribution is 0.0933. The van der Waals surface area contributed by atoms with Crippen LogP contribution in [-0.4, -0.2) is 33.2 Å². The highest BCUT2D eigenvalue weighted by Gasteiger charge is 2.16. The lowest BCUT2D eigenvalue weighted by Gasteiger charge is -2.15. The van der Waals surface area contributed by atoms with Crippen LogP contribution in [0.1, 0.15) is 49.4 Å². The van der Waals surface area contributed by atoms with E-state index in [0.29, 0.717) is 23.5 Å². The number of benzene rings is 1. The third kappa shape index (κ3) is 4.80. The van der Waals surface area contributed by atoms with E-state index in [0.717, 1.165) is 0 Å². The van der Waals surface area contributed by atoms with Crippen molar-refractivity contribution >= 4 is 17.6 Å². The summed E-state index contributed by atoms with van der Waals surface area (Å²) in [7, 11) is 0. The Morgan fingerprint density at radius 1 is 1.25 bits per heavy atom. The molecule has 0 fully saturated rings. The Morgan fingerprint density at radius 3 is 2.67 bits per heavy atom. The van der Waals surface area contributed by atoms with Crippen LogP contribution in [-0.2, 0) is 0 Å². The van der Waals surface area contributed by atoms with Gasteiger partial charge in [-0.1, -0.05) is 13.0 Å². The lowest BCUT2D eigenvalue weighted by atomic mass is 10.1. The van der Waals surface area contributed by atoms with Gasteiger partial charge in [-0.3, -0.25) is 9.89 Å². The van der Waals surface area contributed by atoms with Crippen molar-refractivity contribution in [2.45, 2.75) is 39.3 Å². The second-order valence-corrected chi connectivity index (χ2v) is 5.64. The first-order chi connectivity index (χ1) is 11.5. The average Bonchev–Trinajstić information content (AvgIpc) is 3.06. The van der Waals surface area contributed by atoms with Crippen LogP contribution in [0.3, 0.4) is 0 Å². The zero-order chi connectivity index (χ0) is 17.5. The summed E-state index contributed by atoms with van der Waals surface area (Å²) in [4.78, 5) is 28.2. The fraction of sp³-hybridized carbons (Fsp3) is 0.375. The van der Waals surface area contributed by atoms with Crippen molar-refractivity contribution in [1.82, 2.24) is 25.8 Å². The molecule has 24 heavy (non-hydrogen) atoms. The molecule has 0 aliphatic heterocycles. The largest absolute Gasteiger partial charge is 0.342 e. The van der Waals surface area contributed by atoms with E-state index in [-0.39, 0.29) is 24.0 Å². The van der Waals surface area contributed by atoms with E-state index in [1.807, 2.05) is 20.8 Å². The maximum Gasteiger partial charge on any atom is 0.319 e. The number of nitrogens with zero attached hydrogens (tertiary/aromatic N) is 2. The molecule has 4 N–H and O–H groups in total. The molecule has 8 nitrogen and oxygen atoms in total. The molecule has 0 saturated heterocycles. The number of H-pyrrole nitrogens is 1. The molecule has 3 amide bonds. The highest BCUT2D eigenvalue weighted by atomic mass is 16.2. The number of carbonyl (C=O) groups is 2. The SMILES string of the molecule is CC[C@H](NC(=O)c1cccc(NC(=O)NC(C)C)c1)c1ncn[nH]1. The maximum atomic E-state index is 12.4. The van der Waals surface area contributed by atoms with Gasteiger partial charge in [-0.2, -0.15) is 5.10 Å². The van der Waals surface area contributed by atoms with Gasteiger partial charge in [0.1, 0.15) is 12.2 Å². The number of anilines is 1. The number of aromatic nitrogens is 3. The Bertz CT molecular complexity index is 684. The third-order valence-corrected chi connectivity index (χ3v) is 3.28. The van der Waals surface area contributed by atoms with E-state index in [1.165, 1.54) is 6.33 Å². The number of carbonyl (C=O) groups excluding carboxylic acids is 2. The molecule has 8 heteroatoms. The van der Waals surface area contributed by atoms with Gasteiger partial charge < -0.3 is 16.0 Å². The van der Waals surface area contributed by atoms with E-state index < -0.39 is 0 Å². The van der Waals surface area contributed by atoms with Crippen molar-refractivity contribution in [1.29, 1.82) is 0 Å². The molecule has 1 heterocycles. The van der Waals surface area contributed by atoms with E-state index in [4.69, 9.17) is 0 Å². The van der Waals surface area contributed by atoms with Crippen molar-refractivity contribution in [3.8, 4) is 0 Å². The molecule has 0 spiro atoms. The molecular formula is C16H22N6O2. The highest BCUT2D eigenvalue weighted by molar-refractivity contribution is 5.97. The first kappa shape index (κ1) is 17.5. The minimum Gasteiger partial charge on any atom is -0.342 e. The van der Waals surface area contributed by atoms with E-state index in [2.05, 4.69) is 31.1 Å². The Balaban J connectivity index is 2.04. The van der Waals surface area contributed by atoms with Crippen molar-refractivity contribution in [2.24, 2.45) is 0 Å². The number of hydrogen-bond donors (Lipinski definition) is 4. The predicted octanol–water partition coefficient (Wildman–Crippen LogP) is 2.22. The molecule has 0 saturated carbocycles. The zero-order valence-electron chi connectivity index (χ0n) is 14.0. The number of hydrogen-bond acceptors (Lipinski definition) is 4. The first-order valence-electron chi connectivity index (χ1n) is 7.83. The minimum atomic E-state index is -0.310. The highest BCUT2D eigenvalue weighted by Crippen LogP contribution is 2.14. The molecule has 0 aliphatic carbocycles. The van der Waals surface area contributed by atoms with Crippen LogP contribution in [0.15, 0.2) is 30.6 Å². The minimum absolute atomic E-state index is 0.0312. The molecule has 2 rings (SSSR count). The van der Waals surface area contributed by atoms with Gasteiger partial charge in [0.05, 0.1) is 6.04 Å². The second kappa shape index (κ2) is 8.09. The van der Waals surface area contributed by atoms with E-state index >= 15 is 0 Å². The topological polar surface area (TPSA) is 112 Å². The summed E-state index contributed by atoms with van der Waals surface area (Å²) >= 11 is 0. The van der Waals surface area contributed by atoms with Crippen LogP contribution in [0.4, 0.5) is 10.5 Å². The molecule has 2 aromatic rings. The zero-order valence-corrected chi connectivity index (χ0v) is 14.0. The fourth-order valence-electron chi connectivity index (χ4n) is 2.16. The summed E-state index contributed by atoms with van der Waals surface area (Å²) in [5.41, 5.74) is 1.00. The van der Waals surface area contributed by atoms with Gasteiger partial charge in [0.15, 0.2) is 0 Å². The summed E-state index contributed by atoms with van der Waals surface area (Å²) in [5, 5.41) is 14.9. The third-order valence-electron chi connectivity index (χ3n) is 3.28. The summed E-state index contributed by atoms with van der Waals surface area (Å²) in [6, 6.07) is 6.23. The Labute approximate surface area is 140 Å². The van der Waals surface area contributed by atoms with Gasteiger partial charge >= 0.3 is 6.03 Å². The Morgan fingerprint density at radius 2 is 2.04 bits per heavy atom. The maximum absolute atomic E-state index is 12.4. The number of amides is 3. The molecule has 0 bridgehead atoms. The quantitative estimate of drug-likeness (QED) is 0.650.